The van der Waals surface area contributed by atoms with Crippen molar-refractivity contribution in [1.82, 2.24) is 24.9 Å². The zero-order chi connectivity index (χ0) is 20.9. The van der Waals surface area contributed by atoms with Crippen molar-refractivity contribution in [2.75, 3.05) is 33.2 Å². The van der Waals surface area contributed by atoms with Crippen LogP contribution in [0.5, 0.6) is 0 Å². The van der Waals surface area contributed by atoms with E-state index in [-0.39, 0.29) is 11.8 Å². The maximum absolute atomic E-state index is 12.5. The normalized spacial score (nSPS) is 22.8. The summed E-state index contributed by atoms with van der Waals surface area (Å²) in [7, 11) is 3.94. The summed E-state index contributed by atoms with van der Waals surface area (Å²) in [5, 5.41) is 16.7. The van der Waals surface area contributed by atoms with Crippen LogP contribution in [0, 0.1) is 23.2 Å². The number of rotatable bonds is 8. The average Bonchev–Trinajstić information content (AvgIpc) is 3.06. The molecule has 2 rings (SSSR count). The molecule has 0 unspecified atom stereocenters. The Bertz CT molecular complexity index is 693. The van der Waals surface area contributed by atoms with E-state index in [9.17, 15) is 10.1 Å². The van der Waals surface area contributed by atoms with Gasteiger partial charge in [-0.2, -0.15) is 10.4 Å². The zero-order valence-corrected chi connectivity index (χ0v) is 18.3. The summed E-state index contributed by atoms with van der Waals surface area (Å²) >= 11 is 0. The van der Waals surface area contributed by atoms with Crippen LogP contribution in [-0.4, -0.2) is 64.3 Å². The van der Waals surface area contributed by atoms with E-state index in [4.69, 9.17) is 0 Å². The van der Waals surface area contributed by atoms with Crippen molar-refractivity contribution in [2.24, 2.45) is 18.9 Å². The molecule has 1 aliphatic rings. The lowest BCUT2D eigenvalue weighted by Gasteiger charge is -2.42. The molecule has 1 saturated heterocycles. The van der Waals surface area contributed by atoms with E-state index in [0.717, 1.165) is 26.1 Å². The van der Waals surface area contributed by atoms with Gasteiger partial charge in [-0.3, -0.25) is 19.3 Å². The second-order valence-corrected chi connectivity index (χ2v) is 8.64. The number of carbonyl (C=O) groups excluding carboxylic acids is 1. The fourth-order valence-electron chi connectivity index (χ4n) is 4.11. The van der Waals surface area contributed by atoms with Crippen molar-refractivity contribution in [1.29, 1.82) is 5.26 Å². The average molecular weight is 389 g/mol. The van der Waals surface area contributed by atoms with Crippen molar-refractivity contribution in [3.8, 4) is 6.07 Å². The van der Waals surface area contributed by atoms with Gasteiger partial charge in [-0.25, -0.2) is 0 Å². The van der Waals surface area contributed by atoms with Crippen LogP contribution in [0.3, 0.4) is 0 Å². The van der Waals surface area contributed by atoms with Gasteiger partial charge in [0.25, 0.3) is 0 Å². The third kappa shape index (κ3) is 5.33. The Balaban J connectivity index is 2.03. The number of carbonyl (C=O) groups is 1. The largest absolute Gasteiger partial charge is 0.337 e. The number of likely N-dealkylation sites (N-methyl/N-ethyl adjacent to an activating group) is 1. The Labute approximate surface area is 169 Å². The van der Waals surface area contributed by atoms with Gasteiger partial charge in [-0.15, -0.1) is 0 Å². The number of nitrogens with one attached hydrogen (secondary N) is 1. The highest BCUT2D eigenvalue weighted by atomic mass is 16.2. The first kappa shape index (κ1) is 22.4. The van der Waals surface area contributed by atoms with Gasteiger partial charge in [-0.1, -0.05) is 20.8 Å². The van der Waals surface area contributed by atoms with Crippen LogP contribution < -0.4 is 5.32 Å². The number of hydrogen-bond donors (Lipinski definition) is 1. The summed E-state index contributed by atoms with van der Waals surface area (Å²) in [5.74, 6) is 0.405. The third-order valence-corrected chi connectivity index (χ3v) is 6.08. The summed E-state index contributed by atoms with van der Waals surface area (Å²) in [6.45, 7) is 11.1. The molecule has 1 amide bonds. The topological polar surface area (TPSA) is 77.2 Å². The summed E-state index contributed by atoms with van der Waals surface area (Å²) in [5.41, 5.74) is 0.420. The molecule has 0 aromatic carbocycles. The Kier molecular flexibility index (Phi) is 7.62. The van der Waals surface area contributed by atoms with Crippen LogP contribution >= 0.6 is 0 Å². The van der Waals surface area contributed by atoms with Crippen LogP contribution in [-0.2, 0) is 11.8 Å². The van der Waals surface area contributed by atoms with Gasteiger partial charge in [0.15, 0.2) is 0 Å². The van der Waals surface area contributed by atoms with Crippen molar-refractivity contribution < 1.29 is 4.79 Å². The van der Waals surface area contributed by atoms with E-state index in [2.05, 4.69) is 39.4 Å². The molecule has 3 atom stereocenters. The van der Waals surface area contributed by atoms with Crippen LogP contribution in [0.1, 0.15) is 52.1 Å². The Morgan fingerprint density at radius 3 is 2.79 bits per heavy atom. The Hall–Kier alpha value is -1.91. The summed E-state index contributed by atoms with van der Waals surface area (Å²) in [6, 6.07) is 2.57. The minimum Gasteiger partial charge on any atom is -0.337 e. The van der Waals surface area contributed by atoms with E-state index in [1.165, 1.54) is 12.0 Å². The molecule has 1 fully saturated rings. The predicted octanol–water partition coefficient (Wildman–Crippen LogP) is 2.18. The molecule has 156 valence electrons. The molecular formula is C21H36N6O. The van der Waals surface area contributed by atoms with Gasteiger partial charge in [0.05, 0.1) is 18.8 Å². The third-order valence-electron chi connectivity index (χ3n) is 6.08. The minimum absolute atomic E-state index is 0.0539. The second-order valence-electron chi connectivity index (χ2n) is 8.64. The quantitative estimate of drug-likeness (QED) is 0.739. The van der Waals surface area contributed by atoms with Crippen LogP contribution in [0.2, 0.25) is 0 Å². The summed E-state index contributed by atoms with van der Waals surface area (Å²) in [6.07, 6.45) is 6.40. The van der Waals surface area contributed by atoms with Crippen molar-refractivity contribution >= 4 is 5.91 Å². The lowest BCUT2D eigenvalue weighted by atomic mass is 9.85. The predicted molar refractivity (Wildman–Crippen MR) is 110 cm³/mol. The van der Waals surface area contributed by atoms with E-state index in [0.29, 0.717) is 18.5 Å². The molecular weight excluding hydrogens is 352 g/mol. The van der Waals surface area contributed by atoms with Gasteiger partial charge >= 0.3 is 0 Å². The van der Waals surface area contributed by atoms with Crippen LogP contribution in [0.25, 0.3) is 0 Å². The number of hydrogen-bond acceptors (Lipinski definition) is 5. The van der Waals surface area contributed by atoms with E-state index < -0.39 is 5.54 Å². The molecule has 0 spiro atoms. The van der Waals surface area contributed by atoms with Gasteiger partial charge in [0.1, 0.15) is 5.54 Å². The first-order valence-electron chi connectivity index (χ1n) is 10.3. The zero-order valence-electron chi connectivity index (χ0n) is 18.3. The summed E-state index contributed by atoms with van der Waals surface area (Å²) < 4.78 is 1.86. The fourth-order valence-corrected chi connectivity index (χ4v) is 4.11. The number of aryl methyl sites for hydroxylation is 1. The van der Waals surface area contributed by atoms with Gasteiger partial charge < -0.3 is 5.32 Å². The number of aromatic nitrogens is 2. The number of nitriles is 1. The molecule has 1 aliphatic heterocycles. The molecule has 0 saturated carbocycles. The number of nitrogens with zero attached hydrogens (tertiary/aromatic N) is 5. The molecule has 7 nitrogen and oxygen atoms in total. The Morgan fingerprint density at radius 2 is 2.25 bits per heavy atom. The van der Waals surface area contributed by atoms with Crippen LogP contribution in [0.4, 0.5) is 0 Å². The van der Waals surface area contributed by atoms with Crippen molar-refractivity contribution in [3.63, 3.8) is 0 Å². The standard InChI is InChI=1S/C21H36N6O/c1-7-27-10-8-9-17(20(27)18-11-23-26(6)13-18)12-25(5)14-19(28)24-21(4,15-22)16(2)3/h11,13,16-17,20H,7-10,12,14H2,1-6H3,(H,24,28)/t17-,20+,21-/m0/s1. The van der Waals surface area contributed by atoms with Crippen LogP contribution in [0.15, 0.2) is 12.4 Å². The molecule has 1 aromatic heterocycles. The number of likely N-dealkylation sites (tertiary alicyclic amines) is 1. The molecule has 0 aliphatic carbocycles. The highest BCUT2D eigenvalue weighted by Gasteiger charge is 2.34. The molecule has 1 N–H and O–H groups in total. The molecule has 1 aromatic rings. The molecule has 7 heteroatoms. The number of amides is 1. The van der Waals surface area contributed by atoms with Gasteiger partial charge in [-0.05, 0) is 51.7 Å². The molecule has 2 heterocycles. The van der Waals surface area contributed by atoms with E-state index >= 15 is 0 Å². The second kappa shape index (κ2) is 9.53. The van der Waals surface area contributed by atoms with Crippen molar-refractivity contribution in [2.45, 2.75) is 52.1 Å². The molecule has 0 radical (unpaired) electrons. The Morgan fingerprint density at radius 1 is 1.54 bits per heavy atom. The fraction of sp³-hybridized carbons (Fsp3) is 0.762. The van der Waals surface area contributed by atoms with Crippen molar-refractivity contribution in [3.05, 3.63) is 18.0 Å². The lowest BCUT2D eigenvalue weighted by molar-refractivity contribution is -0.123. The number of piperidine rings is 1. The van der Waals surface area contributed by atoms with Gasteiger partial charge in [0.2, 0.25) is 5.91 Å². The maximum Gasteiger partial charge on any atom is 0.235 e. The van der Waals surface area contributed by atoms with E-state index in [1.807, 2.05) is 38.8 Å². The SMILES string of the molecule is CCN1CCC[C@@H](CN(C)CC(=O)N[C@@](C)(C#N)C(C)C)[C@@H]1c1cnn(C)c1. The van der Waals surface area contributed by atoms with Gasteiger partial charge in [0, 0.05) is 31.4 Å². The molecule has 0 bridgehead atoms. The first-order valence-corrected chi connectivity index (χ1v) is 10.3. The van der Waals surface area contributed by atoms with E-state index in [1.54, 1.807) is 6.92 Å². The molecule has 28 heavy (non-hydrogen) atoms. The smallest absolute Gasteiger partial charge is 0.235 e. The highest BCUT2D eigenvalue weighted by molar-refractivity contribution is 5.79. The lowest BCUT2D eigenvalue weighted by Crippen LogP contribution is -2.52. The monoisotopic (exact) mass is 388 g/mol. The maximum atomic E-state index is 12.5. The summed E-state index contributed by atoms with van der Waals surface area (Å²) in [4.78, 5) is 17.1. The highest BCUT2D eigenvalue weighted by Crippen LogP contribution is 2.36. The first-order chi connectivity index (χ1) is 13.2. The minimum atomic E-state index is -0.833.